The molecule has 1 atom stereocenters. The van der Waals surface area contributed by atoms with Crippen molar-refractivity contribution in [1.82, 2.24) is 10.3 Å². The largest absolute Gasteiger partial charge is 0.495 e. The fraction of sp³-hybridized carbons (Fsp3) is 0.357. The molecule has 0 aromatic carbocycles. The summed E-state index contributed by atoms with van der Waals surface area (Å²) >= 11 is 6.08. The van der Waals surface area contributed by atoms with E-state index >= 15 is 0 Å². The van der Waals surface area contributed by atoms with Gasteiger partial charge in [0.25, 0.3) is 0 Å². The van der Waals surface area contributed by atoms with Crippen LogP contribution in [0.2, 0.25) is 5.22 Å². The molecule has 0 radical (unpaired) electrons. The first-order valence-electron chi connectivity index (χ1n) is 6.21. The minimum absolute atomic E-state index is 0.0474. The second-order valence-corrected chi connectivity index (χ2v) is 4.54. The molecule has 19 heavy (non-hydrogen) atoms. The van der Waals surface area contributed by atoms with Gasteiger partial charge in [-0.1, -0.05) is 6.92 Å². The molecule has 0 spiro atoms. The SMILES string of the molecule is CCCNC(c1cncc(OC)c1)c1ccoc1Cl. The normalized spacial score (nSPS) is 12.4. The molecule has 0 saturated carbocycles. The number of aromatic nitrogens is 1. The van der Waals surface area contributed by atoms with E-state index in [-0.39, 0.29) is 6.04 Å². The van der Waals surface area contributed by atoms with Gasteiger partial charge in [0, 0.05) is 11.8 Å². The van der Waals surface area contributed by atoms with Gasteiger partial charge in [-0.25, -0.2) is 0 Å². The van der Waals surface area contributed by atoms with Crippen LogP contribution in [-0.2, 0) is 0 Å². The second kappa shape index (κ2) is 6.59. The summed E-state index contributed by atoms with van der Waals surface area (Å²) in [5, 5.41) is 3.84. The van der Waals surface area contributed by atoms with Crippen LogP contribution >= 0.6 is 11.6 Å². The fourth-order valence-electron chi connectivity index (χ4n) is 1.91. The third-order valence-corrected chi connectivity index (χ3v) is 3.17. The van der Waals surface area contributed by atoms with E-state index in [9.17, 15) is 0 Å². The molecule has 0 aliphatic carbocycles. The van der Waals surface area contributed by atoms with E-state index in [4.69, 9.17) is 20.8 Å². The van der Waals surface area contributed by atoms with Crippen molar-refractivity contribution in [2.24, 2.45) is 0 Å². The van der Waals surface area contributed by atoms with Crippen molar-refractivity contribution in [2.75, 3.05) is 13.7 Å². The van der Waals surface area contributed by atoms with Crippen LogP contribution in [0.15, 0.2) is 35.2 Å². The summed E-state index contributed by atoms with van der Waals surface area (Å²) in [6, 6.07) is 3.77. The van der Waals surface area contributed by atoms with E-state index < -0.39 is 0 Å². The van der Waals surface area contributed by atoms with Crippen molar-refractivity contribution in [3.63, 3.8) is 0 Å². The van der Waals surface area contributed by atoms with Crippen LogP contribution in [0.4, 0.5) is 0 Å². The van der Waals surface area contributed by atoms with Gasteiger partial charge in [-0.3, -0.25) is 4.98 Å². The summed E-state index contributed by atoms with van der Waals surface area (Å²) in [6.45, 7) is 2.99. The predicted molar refractivity (Wildman–Crippen MR) is 74.6 cm³/mol. The van der Waals surface area contributed by atoms with Crippen molar-refractivity contribution < 1.29 is 9.15 Å². The third kappa shape index (κ3) is 3.28. The Labute approximate surface area is 117 Å². The Morgan fingerprint density at radius 1 is 1.47 bits per heavy atom. The second-order valence-electron chi connectivity index (χ2n) is 4.19. The Kier molecular flexibility index (Phi) is 4.82. The maximum absolute atomic E-state index is 6.08. The van der Waals surface area contributed by atoms with Gasteiger partial charge in [-0.05, 0) is 42.3 Å². The van der Waals surface area contributed by atoms with Gasteiger partial charge in [0.1, 0.15) is 5.75 Å². The van der Waals surface area contributed by atoms with Crippen molar-refractivity contribution in [1.29, 1.82) is 0 Å². The number of hydrogen-bond acceptors (Lipinski definition) is 4. The number of ether oxygens (including phenoxy) is 1. The number of pyridine rings is 1. The highest BCUT2D eigenvalue weighted by Crippen LogP contribution is 2.30. The number of hydrogen-bond donors (Lipinski definition) is 1. The Morgan fingerprint density at radius 2 is 2.32 bits per heavy atom. The minimum atomic E-state index is -0.0474. The van der Waals surface area contributed by atoms with Gasteiger partial charge in [-0.15, -0.1) is 0 Å². The van der Waals surface area contributed by atoms with Crippen LogP contribution in [-0.4, -0.2) is 18.6 Å². The minimum Gasteiger partial charge on any atom is -0.495 e. The summed E-state index contributed by atoms with van der Waals surface area (Å²) in [7, 11) is 1.63. The average molecular weight is 281 g/mol. The summed E-state index contributed by atoms with van der Waals surface area (Å²) in [5.74, 6) is 0.723. The third-order valence-electron chi connectivity index (χ3n) is 2.86. The van der Waals surface area contributed by atoms with Gasteiger partial charge in [-0.2, -0.15) is 0 Å². The zero-order valence-corrected chi connectivity index (χ0v) is 11.8. The number of methoxy groups -OCH3 is 1. The number of nitrogens with zero attached hydrogens (tertiary/aromatic N) is 1. The predicted octanol–water partition coefficient (Wildman–Crippen LogP) is 3.43. The zero-order valence-electron chi connectivity index (χ0n) is 11.0. The summed E-state index contributed by atoms with van der Waals surface area (Å²) in [5.41, 5.74) is 1.90. The molecule has 1 N–H and O–H groups in total. The Bertz CT molecular complexity index is 528. The highest BCUT2D eigenvalue weighted by molar-refractivity contribution is 6.29. The Balaban J connectivity index is 2.34. The molecule has 0 aliphatic heterocycles. The molecule has 2 aromatic rings. The summed E-state index contributed by atoms with van der Waals surface area (Å²) in [4.78, 5) is 4.19. The lowest BCUT2D eigenvalue weighted by Gasteiger charge is -2.18. The van der Waals surface area contributed by atoms with Gasteiger partial charge in [0.2, 0.25) is 0 Å². The maximum Gasteiger partial charge on any atom is 0.198 e. The van der Waals surface area contributed by atoms with E-state index in [0.717, 1.165) is 29.8 Å². The first-order valence-corrected chi connectivity index (χ1v) is 6.59. The van der Waals surface area contributed by atoms with E-state index in [1.165, 1.54) is 0 Å². The quantitative estimate of drug-likeness (QED) is 0.881. The standard InChI is InChI=1S/C14H17ClN2O2/c1-3-5-17-13(12-4-6-19-14(12)15)10-7-11(18-2)9-16-8-10/h4,6-9,13,17H,3,5H2,1-2H3. The molecule has 0 saturated heterocycles. The van der Waals surface area contributed by atoms with E-state index in [1.54, 1.807) is 25.8 Å². The summed E-state index contributed by atoms with van der Waals surface area (Å²) in [6.07, 6.45) is 6.10. The maximum atomic E-state index is 6.08. The molecule has 2 heterocycles. The van der Waals surface area contributed by atoms with E-state index in [1.807, 2.05) is 12.1 Å². The molecule has 4 nitrogen and oxygen atoms in total. The topological polar surface area (TPSA) is 47.3 Å². The molecule has 1 unspecified atom stereocenters. The van der Waals surface area contributed by atoms with Gasteiger partial charge in [0.15, 0.2) is 5.22 Å². The average Bonchev–Trinajstić information content (AvgIpc) is 2.86. The lowest BCUT2D eigenvalue weighted by Crippen LogP contribution is -2.23. The van der Waals surface area contributed by atoms with Gasteiger partial charge in [0.05, 0.1) is 25.6 Å². The first-order chi connectivity index (χ1) is 9.26. The van der Waals surface area contributed by atoms with Crippen LogP contribution in [0.1, 0.15) is 30.5 Å². The summed E-state index contributed by atoms with van der Waals surface area (Å²) < 4.78 is 10.4. The number of halogens is 1. The van der Waals surface area contributed by atoms with Gasteiger partial charge >= 0.3 is 0 Å². The van der Waals surface area contributed by atoms with Crippen LogP contribution in [0.3, 0.4) is 0 Å². The lowest BCUT2D eigenvalue weighted by molar-refractivity contribution is 0.411. The highest BCUT2D eigenvalue weighted by atomic mass is 35.5. The molecule has 0 aliphatic rings. The Morgan fingerprint density at radius 3 is 2.95 bits per heavy atom. The molecule has 5 heteroatoms. The monoisotopic (exact) mass is 280 g/mol. The lowest BCUT2D eigenvalue weighted by atomic mass is 10.0. The molecule has 102 valence electrons. The van der Waals surface area contributed by atoms with Crippen LogP contribution in [0.25, 0.3) is 0 Å². The van der Waals surface area contributed by atoms with Crippen LogP contribution in [0.5, 0.6) is 5.75 Å². The molecule has 0 amide bonds. The number of nitrogens with one attached hydrogen (secondary N) is 1. The van der Waals surface area contributed by atoms with Crippen molar-refractivity contribution >= 4 is 11.6 Å². The van der Waals surface area contributed by atoms with E-state index in [2.05, 4.69) is 17.2 Å². The fourth-order valence-corrected chi connectivity index (χ4v) is 2.14. The number of rotatable bonds is 6. The molecule has 0 bridgehead atoms. The zero-order chi connectivity index (χ0) is 13.7. The van der Waals surface area contributed by atoms with Crippen molar-refractivity contribution in [3.8, 4) is 5.75 Å². The smallest absolute Gasteiger partial charge is 0.198 e. The molecular formula is C14H17ClN2O2. The number of furan rings is 1. The van der Waals surface area contributed by atoms with Crippen LogP contribution in [0, 0.1) is 0 Å². The molecule has 2 aromatic heterocycles. The Hall–Kier alpha value is -1.52. The van der Waals surface area contributed by atoms with Crippen molar-refractivity contribution in [2.45, 2.75) is 19.4 Å². The van der Waals surface area contributed by atoms with E-state index in [0.29, 0.717) is 5.22 Å². The molecule has 2 rings (SSSR count). The van der Waals surface area contributed by atoms with Crippen LogP contribution < -0.4 is 10.1 Å². The van der Waals surface area contributed by atoms with Crippen molar-refractivity contribution in [3.05, 3.63) is 47.1 Å². The molecular weight excluding hydrogens is 264 g/mol. The first kappa shape index (κ1) is 13.9. The van der Waals surface area contributed by atoms with Gasteiger partial charge < -0.3 is 14.5 Å². The highest BCUT2D eigenvalue weighted by Gasteiger charge is 2.19. The molecule has 0 fully saturated rings.